The van der Waals surface area contributed by atoms with E-state index in [1.54, 1.807) is 0 Å². The molecule has 2 N–H and O–H groups in total. The molecule has 0 heterocycles. The predicted molar refractivity (Wildman–Crippen MR) is 78.3 cm³/mol. The lowest BCUT2D eigenvalue weighted by Gasteiger charge is -2.38. The number of carbonyl (C=O) groups excluding carboxylic acids is 1. The molecule has 1 aromatic rings. The lowest BCUT2D eigenvalue weighted by atomic mass is 9.76. The highest BCUT2D eigenvalue weighted by atomic mass is 16.5. The van der Waals surface area contributed by atoms with E-state index in [0.29, 0.717) is 25.9 Å². The molecule has 1 saturated carbocycles. The summed E-state index contributed by atoms with van der Waals surface area (Å²) in [6.45, 7) is 2.41. The highest BCUT2D eigenvalue weighted by Crippen LogP contribution is 2.32. The van der Waals surface area contributed by atoms with E-state index >= 15 is 0 Å². The van der Waals surface area contributed by atoms with Crippen LogP contribution in [0.15, 0.2) is 24.3 Å². The number of hydrogen-bond donors (Lipinski definition) is 2. The number of hydrogen-bond acceptors (Lipinski definition) is 3. The molecular formula is C16H21NO4. The van der Waals surface area contributed by atoms with E-state index in [9.17, 15) is 9.59 Å². The van der Waals surface area contributed by atoms with Crippen LogP contribution in [0, 0.1) is 6.92 Å². The number of ether oxygens (including phenoxy) is 1. The molecule has 1 fully saturated rings. The summed E-state index contributed by atoms with van der Waals surface area (Å²) in [5, 5.41) is 11.8. The summed E-state index contributed by atoms with van der Waals surface area (Å²) in [5.74, 6) is -0.331. The molecule has 0 saturated heterocycles. The summed E-state index contributed by atoms with van der Waals surface area (Å²) in [6.07, 6.45) is 2.74. The Morgan fingerprint density at radius 1 is 1.33 bits per heavy atom. The van der Waals surface area contributed by atoms with E-state index in [4.69, 9.17) is 9.84 Å². The normalized spacial score (nSPS) is 15.9. The van der Waals surface area contributed by atoms with Crippen molar-refractivity contribution in [1.29, 1.82) is 0 Å². The fraction of sp³-hybridized carbons (Fsp3) is 0.500. The Balaban J connectivity index is 1.70. The molecule has 114 valence electrons. The van der Waals surface area contributed by atoms with E-state index in [-0.39, 0.29) is 12.3 Å². The highest BCUT2D eigenvalue weighted by molar-refractivity contribution is 5.87. The first-order chi connectivity index (χ1) is 10.0. The summed E-state index contributed by atoms with van der Waals surface area (Å²) in [5.41, 5.74) is 0.0368. The molecule has 1 aliphatic carbocycles. The third-order valence-electron chi connectivity index (χ3n) is 3.89. The van der Waals surface area contributed by atoms with Crippen molar-refractivity contribution in [1.82, 2.24) is 5.32 Å². The number of amides is 1. The van der Waals surface area contributed by atoms with Crippen LogP contribution < -0.4 is 10.1 Å². The van der Waals surface area contributed by atoms with Gasteiger partial charge in [-0.15, -0.1) is 0 Å². The maximum atomic E-state index is 11.8. The molecule has 1 aliphatic rings. The molecule has 0 radical (unpaired) electrons. The average molecular weight is 291 g/mol. The second-order valence-electron chi connectivity index (χ2n) is 5.51. The molecule has 0 spiro atoms. The van der Waals surface area contributed by atoms with Gasteiger partial charge in [0.05, 0.1) is 6.61 Å². The molecule has 0 atom stereocenters. The first-order valence-electron chi connectivity index (χ1n) is 7.26. The van der Waals surface area contributed by atoms with Crippen LogP contribution in [0.2, 0.25) is 0 Å². The molecule has 5 heteroatoms. The average Bonchev–Trinajstić information content (AvgIpc) is 2.40. The molecule has 0 aromatic heterocycles. The Hall–Kier alpha value is -2.04. The highest BCUT2D eigenvalue weighted by Gasteiger charge is 2.45. The fourth-order valence-corrected chi connectivity index (χ4v) is 2.39. The maximum Gasteiger partial charge on any atom is 0.329 e. The Morgan fingerprint density at radius 3 is 2.62 bits per heavy atom. The third-order valence-corrected chi connectivity index (χ3v) is 3.89. The van der Waals surface area contributed by atoms with E-state index < -0.39 is 11.5 Å². The van der Waals surface area contributed by atoms with Gasteiger partial charge in [0.25, 0.3) is 0 Å². The minimum atomic E-state index is -1.02. The van der Waals surface area contributed by atoms with E-state index in [1.807, 2.05) is 31.2 Å². The monoisotopic (exact) mass is 291 g/mol. The van der Waals surface area contributed by atoms with Crippen molar-refractivity contribution >= 4 is 11.9 Å². The zero-order valence-electron chi connectivity index (χ0n) is 12.2. The molecule has 0 unspecified atom stereocenters. The second kappa shape index (κ2) is 6.61. The van der Waals surface area contributed by atoms with Crippen molar-refractivity contribution < 1.29 is 19.4 Å². The lowest BCUT2D eigenvalue weighted by molar-refractivity contribution is -0.151. The second-order valence-corrected chi connectivity index (χ2v) is 5.51. The summed E-state index contributed by atoms with van der Waals surface area (Å²) in [7, 11) is 0. The van der Waals surface area contributed by atoms with E-state index in [0.717, 1.165) is 17.7 Å². The number of carboxylic acids is 1. The van der Waals surface area contributed by atoms with Crippen LogP contribution in [0.3, 0.4) is 0 Å². The SMILES string of the molecule is Cc1ccccc1OCCCC(=O)NC1(C(=O)O)CCC1. The molecule has 1 aromatic carbocycles. The van der Waals surface area contributed by atoms with E-state index in [1.165, 1.54) is 0 Å². The van der Waals surface area contributed by atoms with Gasteiger partial charge in [-0.2, -0.15) is 0 Å². The third kappa shape index (κ3) is 3.74. The van der Waals surface area contributed by atoms with Gasteiger partial charge in [0.2, 0.25) is 5.91 Å². The predicted octanol–water partition coefficient (Wildman–Crippen LogP) is 2.28. The number of benzene rings is 1. The van der Waals surface area contributed by atoms with E-state index in [2.05, 4.69) is 5.32 Å². The quantitative estimate of drug-likeness (QED) is 0.756. The number of carbonyl (C=O) groups is 2. The minimum absolute atomic E-state index is 0.217. The van der Waals surface area contributed by atoms with Crippen LogP contribution >= 0.6 is 0 Å². The van der Waals surface area contributed by atoms with Gasteiger partial charge in [-0.3, -0.25) is 4.79 Å². The van der Waals surface area contributed by atoms with Gasteiger partial charge < -0.3 is 15.2 Å². The topological polar surface area (TPSA) is 75.6 Å². The Kier molecular flexibility index (Phi) is 4.83. The summed E-state index contributed by atoms with van der Waals surface area (Å²) >= 11 is 0. The Bertz CT molecular complexity index is 523. The number of rotatable bonds is 7. The first kappa shape index (κ1) is 15.4. The van der Waals surface area contributed by atoms with Gasteiger partial charge in [-0.05, 0) is 44.2 Å². The van der Waals surface area contributed by atoms with Crippen molar-refractivity contribution in [2.45, 2.75) is 44.6 Å². The van der Waals surface area contributed by atoms with Crippen LogP contribution in [-0.4, -0.2) is 29.1 Å². The maximum absolute atomic E-state index is 11.8. The van der Waals surface area contributed by atoms with Crippen LogP contribution in [0.4, 0.5) is 0 Å². The van der Waals surface area contributed by atoms with Crippen LogP contribution in [0.25, 0.3) is 0 Å². The van der Waals surface area contributed by atoms with Gasteiger partial charge in [0.15, 0.2) is 0 Å². The molecule has 5 nitrogen and oxygen atoms in total. The Labute approximate surface area is 124 Å². The van der Waals surface area contributed by atoms with Crippen molar-refractivity contribution in [3.63, 3.8) is 0 Å². The molecule has 1 amide bonds. The smallest absolute Gasteiger partial charge is 0.329 e. The largest absolute Gasteiger partial charge is 0.493 e. The number of para-hydroxylation sites is 1. The van der Waals surface area contributed by atoms with Crippen molar-refractivity contribution in [3.05, 3.63) is 29.8 Å². The molecule has 21 heavy (non-hydrogen) atoms. The summed E-state index contributed by atoms with van der Waals surface area (Å²) < 4.78 is 5.61. The molecule has 0 bridgehead atoms. The van der Waals surface area contributed by atoms with Gasteiger partial charge >= 0.3 is 5.97 Å². The number of aliphatic carboxylic acids is 1. The molecule has 2 rings (SSSR count). The zero-order chi connectivity index (χ0) is 15.3. The summed E-state index contributed by atoms with van der Waals surface area (Å²) in [6, 6.07) is 7.71. The van der Waals surface area contributed by atoms with Crippen molar-refractivity contribution in [3.8, 4) is 5.75 Å². The van der Waals surface area contributed by atoms with Gasteiger partial charge in [0.1, 0.15) is 11.3 Å². The number of nitrogens with one attached hydrogen (secondary N) is 1. The first-order valence-corrected chi connectivity index (χ1v) is 7.26. The fourth-order valence-electron chi connectivity index (χ4n) is 2.39. The van der Waals surface area contributed by atoms with Gasteiger partial charge in [-0.1, -0.05) is 18.2 Å². The van der Waals surface area contributed by atoms with Crippen LogP contribution in [0.1, 0.15) is 37.7 Å². The minimum Gasteiger partial charge on any atom is -0.493 e. The summed E-state index contributed by atoms with van der Waals surface area (Å²) in [4.78, 5) is 23.0. The molecular weight excluding hydrogens is 270 g/mol. The van der Waals surface area contributed by atoms with Crippen molar-refractivity contribution in [2.24, 2.45) is 0 Å². The lowest BCUT2D eigenvalue weighted by Crippen LogP contribution is -2.59. The Morgan fingerprint density at radius 2 is 2.05 bits per heavy atom. The van der Waals surface area contributed by atoms with Crippen LogP contribution in [-0.2, 0) is 9.59 Å². The standard InChI is InChI=1S/C16H21NO4/c1-12-6-2-3-7-13(12)21-11-4-8-14(18)17-16(15(19)20)9-5-10-16/h2-3,6-7H,4-5,8-11H2,1H3,(H,17,18)(H,19,20). The van der Waals surface area contributed by atoms with Gasteiger partial charge in [-0.25, -0.2) is 4.79 Å². The van der Waals surface area contributed by atoms with Crippen molar-refractivity contribution in [2.75, 3.05) is 6.61 Å². The van der Waals surface area contributed by atoms with Gasteiger partial charge in [0, 0.05) is 6.42 Å². The number of aryl methyl sites for hydroxylation is 1. The zero-order valence-corrected chi connectivity index (χ0v) is 12.2. The molecule has 0 aliphatic heterocycles. The number of carboxylic acid groups (broad SMARTS) is 1. The van der Waals surface area contributed by atoms with Crippen LogP contribution in [0.5, 0.6) is 5.75 Å².